The van der Waals surface area contributed by atoms with Crippen LogP contribution in [0.5, 0.6) is 11.5 Å². The van der Waals surface area contributed by atoms with Gasteiger partial charge in [-0.2, -0.15) is 0 Å². The van der Waals surface area contributed by atoms with E-state index >= 15 is 0 Å². The maximum absolute atomic E-state index is 12.6. The lowest BCUT2D eigenvalue weighted by atomic mass is 10.1. The number of nitrogens with zero attached hydrogens (tertiary/aromatic N) is 4. The van der Waals surface area contributed by atoms with Crippen molar-refractivity contribution in [1.29, 1.82) is 0 Å². The van der Waals surface area contributed by atoms with Gasteiger partial charge in [-0.05, 0) is 48.9 Å². The molecule has 0 bridgehead atoms. The van der Waals surface area contributed by atoms with E-state index in [2.05, 4.69) is 20.4 Å². The Hall–Kier alpha value is -3.81. The third-order valence-corrected chi connectivity index (χ3v) is 5.61. The van der Waals surface area contributed by atoms with E-state index in [9.17, 15) is 4.79 Å². The monoisotopic (exact) mass is 433 g/mol. The number of aryl methyl sites for hydroxylation is 1. The Kier molecular flexibility index (Phi) is 6.39. The minimum absolute atomic E-state index is 0.0752. The van der Waals surface area contributed by atoms with Crippen LogP contribution in [0.1, 0.15) is 5.56 Å². The van der Waals surface area contributed by atoms with Gasteiger partial charge < -0.3 is 24.6 Å². The van der Waals surface area contributed by atoms with Gasteiger partial charge in [0.05, 0.1) is 19.9 Å². The predicted octanol–water partition coefficient (Wildman–Crippen LogP) is 3.82. The van der Waals surface area contributed by atoms with Gasteiger partial charge in [-0.3, -0.25) is 0 Å². The summed E-state index contributed by atoms with van der Waals surface area (Å²) in [6.07, 6.45) is 0. The Labute approximate surface area is 187 Å². The van der Waals surface area contributed by atoms with Crippen molar-refractivity contribution >= 4 is 17.5 Å². The lowest BCUT2D eigenvalue weighted by Gasteiger charge is -2.35. The van der Waals surface area contributed by atoms with Crippen molar-refractivity contribution in [3.05, 3.63) is 60.2 Å². The third kappa shape index (κ3) is 4.59. The smallest absolute Gasteiger partial charge is 0.321 e. The summed E-state index contributed by atoms with van der Waals surface area (Å²) < 4.78 is 10.7. The highest BCUT2D eigenvalue weighted by molar-refractivity contribution is 5.90. The van der Waals surface area contributed by atoms with Crippen molar-refractivity contribution in [2.75, 3.05) is 50.6 Å². The summed E-state index contributed by atoms with van der Waals surface area (Å²) in [5, 5.41) is 11.8. The molecule has 0 radical (unpaired) electrons. The zero-order valence-electron chi connectivity index (χ0n) is 18.5. The van der Waals surface area contributed by atoms with Crippen LogP contribution in [0, 0.1) is 6.92 Å². The summed E-state index contributed by atoms with van der Waals surface area (Å²) in [5.41, 5.74) is 3.55. The second-order valence-corrected chi connectivity index (χ2v) is 7.57. The minimum atomic E-state index is -0.0752. The number of carbonyl (C=O) groups is 1. The molecule has 8 heteroatoms. The number of para-hydroxylation sites is 1. The molecule has 1 aromatic heterocycles. The van der Waals surface area contributed by atoms with Gasteiger partial charge in [-0.25, -0.2) is 4.79 Å². The van der Waals surface area contributed by atoms with E-state index in [0.29, 0.717) is 37.7 Å². The molecule has 1 aliphatic heterocycles. The standard InChI is InChI=1S/C24H27N5O3/c1-17-6-4-5-7-19(17)25-24(30)29-14-12-28(13-15-29)23-11-9-20(26-27-23)18-8-10-21(31-2)22(16-18)32-3/h4-11,16H,12-15H2,1-3H3,(H,25,30). The Morgan fingerprint density at radius 3 is 2.31 bits per heavy atom. The van der Waals surface area contributed by atoms with E-state index < -0.39 is 0 Å². The van der Waals surface area contributed by atoms with Crippen molar-refractivity contribution in [3.8, 4) is 22.8 Å². The fraction of sp³-hybridized carbons (Fsp3) is 0.292. The van der Waals surface area contributed by atoms with Gasteiger partial charge in [0.25, 0.3) is 0 Å². The molecule has 1 fully saturated rings. The van der Waals surface area contributed by atoms with Crippen molar-refractivity contribution in [3.63, 3.8) is 0 Å². The van der Waals surface area contributed by atoms with E-state index in [-0.39, 0.29) is 6.03 Å². The number of methoxy groups -OCH3 is 2. The topological polar surface area (TPSA) is 79.8 Å². The molecule has 0 saturated carbocycles. The molecule has 8 nitrogen and oxygen atoms in total. The number of aromatic nitrogens is 2. The van der Waals surface area contributed by atoms with Crippen LogP contribution in [0.15, 0.2) is 54.6 Å². The molecule has 32 heavy (non-hydrogen) atoms. The first-order valence-electron chi connectivity index (χ1n) is 10.5. The molecule has 1 saturated heterocycles. The molecule has 2 amide bonds. The summed E-state index contributed by atoms with van der Waals surface area (Å²) in [7, 11) is 3.22. The van der Waals surface area contributed by atoms with Gasteiger partial charge in [0, 0.05) is 37.4 Å². The first kappa shape index (κ1) is 21.4. The zero-order chi connectivity index (χ0) is 22.5. The maximum atomic E-state index is 12.6. The Morgan fingerprint density at radius 2 is 1.66 bits per heavy atom. The van der Waals surface area contributed by atoms with Crippen molar-refractivity contribution in [2.45, 2.75) is 6.92 Å². The second-order valence-electron chi connectivity index (χ2n) is 7.57. The van der Waals surface area contributed by atoms with E-state index in [1.165, 1.54) is 0 Å². The van der Waals surface area contributed by atoms with Crippen LogP contribution in [0.2, 0.25) is 0 Å². The number of ether oxygens (including phenoxy) is 2. The molecular formula is C24H27N5O3. The van der Waals surface area contributed by atoms with Crippen LogP contribution in [0.4, 0.5) is 16.3 Å². The second kappa shape index (κ2) is 9.55. The van der Waals surface area contributed by atoms with Crippen LogP contribution >= 0.6 is 0 Å². The number of benzene rings is 2. The van der Waals surface area contributed by atoms with Gasteiger partial charge >= 0.3 is 6.03 Å². The SMILES string of the molecule is COc1ccc(-c2ccc(N3CCN(C(=O)Nc4ccccc4C)CC3)nn2)cc1OC. The zero-order valence-corrected chi connectivity index (χ0v) is 18.5. The third-order valence-electron chi connectivity index (χ3n) is 5.61. The van der Waals surface area contributed by atoms with E-state index in [1.807, 2.05) is 66.4 Å². The number of rotatable bonds is 5. The molecule has 4 rings (SSSR count). The van der Waals surface area contributed by atoms with Crippen molar-refractivity contribution < 1.29 is 14.3 Å². The maximum Gasteiger partial charge on any atom is 0.321 e. The molecule has 0 atom stereocenters. The van der Waals surface area contributed by atoms with Crippen LogP contribution in [-0.2, 0) is 0 Å². The number of anilines is 2. The predicted molar refractivity (Wildman–Crippen MR) is 125 cm³/mol. The summed E-state index contributed by atoms with van der Waals surface area (Å²) in [4.78, 5) is 16.6. The molecule has 1 N–H and O–H groups in total. The van der Waals surface area contributed by atoms with E-state index in [0.717, 1.165) is 28.3 Å². The first-order chi connectivity index (χ1) is 15.6. The number of piperazine rings is 1. The minimum Gasteiger partial charge on any atom is -0.493 e. The van der Waals surface area contributed by atoms with E-state index in [1.54, 1.807) is 14.2 Å². The number of nitrogens with one attached hydrogen (secondary N) is 1. The summed E-state index contributed by atoms with van der Waals surface area (Å²) in [5.74, 6) is 2.12. The van der Waals surface area contributed by atoms with Gasteiger partial charge in [0.15, 0.2) is 17.3 Å². The fourth-order valence-corrected chi connectivity index (χ4v) is 3.69. The van der Waals surface area contributed by atoms with Crippen LogP contribution in [-0.4, -0.2) is 61.5 Å². The van der Waals surface area contributed by atoms with Gasteiger partial charge in [-0.1, -0.05) is 18.2 Å². The molecule has 2 aromatic carbocycles. The highest BCUT2D eigenvalue weighted by Gasteiger charge is 2.22. The Balaban J connectivity index is 1.37. The summed E-state index contributed by atoms with van der Waals surface area (Å²) in [6.45, 7) is 4.63. The van der Waals surface area contributed by atoms with E-state index in [4.69, 9.17) is 9.47 Å². The molecule has 0 aliphatic carbocycles. The summed E-state index contributed by atoms with van der Waals surface area (Å²) >= 11 is 0. The first-order valence-corrected chi connectivity index (χ1v) is 10.5. The molecule has 2 heterocycles. The lowest BCUT2D eigenvalue weighted by molar-refractivity contribution is 0.208. The van der Waals surface area contributed by atoms with Crippen LogP contribution in [0.25, 0.3) is 11.3 Å². The quantitative estimate of drug-likeness (QED) is 0.659. The van der Waals surface area contributed by atoms with Crippen LogP contribution in [0.3, 0.4) is 0 Å². The Morgan fingerprint density at radius 1 is 0.906 bits per heavy atom. The number of amides is 2. The molecule has 166 valence electrons. The molecule has 3 aromatic rings. The normalized spacial score (nSPS) is 13.6. The highest BCUT2D eigenvalue weighted by Crippen LogP contribution is 2.31. The largest absolute Gasteiger partial charge is 0.493 e. The van der Waals surface area contributed by atoms with Crippen molar-refractivity contribution in [1.82, 2.24) is 15.1 Å². The number of carbonyl (C=O) groups excluding carboxylic acids is 1. The lowest BCUT2D eigenvalue weighted by Crippen LogP contribution is -2.50. The van der Waals surface area contributed by atoms with Gasteiger partial charge in [0.1, 0.15) is 0 Å². The average molecular weight is 434 g/mol. The summed E-state index contributed by atoms with van der Waals surface area (Å²) in [6, 6.07) is 17.3. The average Bonchev–Trinajstić information content (AvgIpc) is 2.85. The number of hydrogen-bond donors (Lipinski definition) is 1. The fourth-order valence-electron chi connectivity index (χ4n) is 3.69. The molecule has 0 unspecified atom stereocenters. The van der Waals surface area contributed by atoms with Gasteiger partial charge in [-0.15, -0.1) is 10.2 Å². The van der Waals surface area contributed by atoms with Crippen molar-refractivity contribution in [2.24, 2.45) is 0 Å². The highest BCUT2D eigenvalue weighted by atomic mass is 16.5. The number of hydrogen-bond acceptors (Lipinski definition) is 6. The number of urea groups is 1. The molecule has 1 aliphatic rings. The molecule has 0 spiro atoms. The molecular weight excluding hydrogens is 406 g/mol. The Bertz CT molecular complexity index is 1080. The van der Waals surface area contributed by atoms with Crippen LogP contribution < -0.4 is 19.7 Å². The van der Waals surface area contributed by atoms with Gasteiger partial charge in [0.2, 0.25) is 0 Å².